The normalized spacial score (nSPS) is 14.1. The Morgan fingerprint density at radius 3 is 2.70 bits per heavy atom. The summed E-state index contributed by atoms with van der Waals surface area (Å²) in [5, 5.41) is 0. The van der Waals surface area contributed by atoms with Gasteiger partial charge in [-0.3, -0.25) is 0 Å². The van der Waals surface area contributed by atoms with Crippen LogP contribution in [-0.4, -0.2) is 30.2 Å². The van der Waals surface area contributed by atoms with E-state index in [9.17, 15) is 0 Å². The third kappa shape index (κ3) is 3.92. The van der Waals surface area contributed by atoms with Gasteiger partial charge in [-0.05, 0) is 37.0 Å². The minimum absolute atomic E-state index is 0.469. The van der Waals surface area contributed by atoms with Crippen LogP contribution in [0.1, 0.15) is 31.0 Å². The van der Waals surface area contributed by atoms with Crippen molar-refractivity contribution >= 4 is 5.95 Å². The molecule has 0 atom stereocenters. The molecule has 122 valence electrons. The number of aromatic nitrogens is 2. The summed E-state index contributed by atoms with van der Waals surface area (Å²) < 4.78 is 11.1. The molecule has 0 spiro atoms. The van der Waals surface area contributed by atoms with Gasteiger partial charge in [0.15, 0.2) is 0 Å². The molecule has 0 radical (unpaired) electrons. The molecule has 1 fully saturated rings. The predicted octanol–water partition coefficient (Wildman–Crippen LogP) is 3.23. The molecular formula is C18H23N3O2. The molecule has 1 saturated heterocycles. The number of hydrogen-bond acceptors (Lipinski definition) is 5. The standard InChI is InChI=1S/C18H23N3O2/c1-3-15-12-17(20-18(19-15)21-9-4-5-10-21)23-13-14-7-6-8-16(11-14)22-2/h6-8,11-12H,3-5,9-10,13H2,1-2H3. The van der Waals surface area contributed by atoms with Gasteiger partial charge in [-0.1, -0.05) is 19.1 Å². The second kappa shape index (κ2) is 7.31. The number of hydrogen-bond donors (Lipinski definition) is 0. The monoisotopic (exact) mass is 313 g/mol. The average Bonchev–Trinajstić information content (AvgIpc) is 3.14. The predicted molar refractivity (Wildman–Crippen MR) is 90.2 cm³/mol. The first-order valence-corrected chi connectivity index (χ1v) is 8.17. The zero-order chi connectivity index (χ0) is 16.1. The Bertz CT molecular complexity index is 654. The van der Waals surface area contributed by atoms with Gasteiger partial charge in [-0.2, -0.15) is 4.98 Å². The highest BCUT2D eigenvalue weighted by Gasteiger charge is 2.16. The highest BCUT2D eigenvalue weighted by Crippen LogP contribution is 2.21. The van der Waals surface area contributed by atoms with Crippen LogP contribution in [0.2, 0.25) is 0 Å². The number of aryl methyl sites for hydroxylation is 1. The maximum absolute atomic E-state index is 5.90. The number of benzene rings is 1. The summed E-state index contributed by atoms with van der Waals surface area (Å²) >= 11 is 0. The first kappa shape index (κ1) is 15.6. The Balaban J connectivity index is 1.74. The van der Waals surface area contributed by atoms with Crippen LogP contribution in [0.5, 0.6) is 11.6 Å². The van der Waals surface area contributed by atoms with E-state index >= 15 is 0 Å². The molecule has 5 heteroatoms. The van der Waals surface area contributed by atoms with E-state index < -0.39 is 0 Å². The molecule has 23 heavy (non-hydrogen) atoms. The number of anilines is 1. The molecule has 1 aliphatic rings. The molecule has 1 aromatic carbocycles. The molecule has 5 nitrogen and oxygen atoms in total. The summed E-state index contributed by atoms with van der Waals surface area (Å²) in [6.07, 6.45) is 3.29. The van der Waals surface area contributed by atoms with E-state index in [0.29, 0.717) is 12.5 Å². The molecule has 2 aromatic rings. The Morgan fingerprint density at radius 2 is 1.96 bits per heavy atom. The van der Waals surface area contributed by atoms with E-state index in [0.717, 1.165) is 42.5 Å². The van der Waals surface area contributed by atoms with Gasteiger partial charge in [0.2, 0.25) is 11.8 Å². The lowest BCUT2D eigenvalue weighted by molar-refractivity contribution is 0.292. The van der Waals surface area contributed by atoms with Crippen molar-refractivity contribution in [1.82, 2.24) is 9.97 Å². The van der Waals surface area contributed by atoms with Crippen molar-refractivity contribution in [2.75, 3.05) is 25.1 Å². The minimum Gasteiger partial charge on any atom is -0.497 e. The van der Waals surface area contributed by atoms with E-state index in [1.165, 1.54) is 12.8 Å². The van der Waals surface area contributed by atoms with Crippen molar-refractivity contribution in [2.45, 2.75) is 32.8 Å². The van der Waals surface area contributed by atoms with Crippen molar-refractivity contribution in [3.8, 4) is 11.6 Å². The van der Waals surface area contributed by atoms with Crippen LogP contribution in [0.4, 0.5) is 5.95 Å². The number of ether oxygens (including phenoxy) is 2. The number of rotatable bonds is 6. The lowest BCUT2D eigenvalue weighted by Gasteiger charge is -2.17. The minimum atomic E-state index is 0.469. The fourth-order valence-corrected chi connectivity index (χ4v) is 2.69. The quantitative estimate of drug-likeness (QED) is 0.819. The number of methoxy groups -OCH3 is 1. The maximum atomic E-state index is 5.90. The highest BCUT2D eigenvalue weighted by atomic mass is 16.5. The van der Waals surface area contributed by atoms with Crippen LogP contribution in [0.15, 0.2) is 30.3 Å². The summed E-state index contributed by atoms with van der Waals surface area (Å²) in [6.45, 7) is 4.63. The molecular weight excluding hydrogens is 290 g/mol. The average molecular weight is 313 g/mol. The van der Waals surface area contributed by atoms with Crippen molar-refractivity contribution in [2.24, 2.45) is 0 Å². The van der Waals surface area contributed by atoms with Crippen LogP contribution in [0, 0.1) is 0 Å². The van der Waals surface area contributed by atoms with E-state index in [2.05, 4.69) is 21.8 Å². The summed E-state index contributed by atoms with van der Waals surface area (Å²) in [7, 11) is 1.67. The first-order valence-electron chi connectivity index (χ1n) is 8.17. The van der Waals surface area contributed by atoms with Crippen LogP contribution in [0.25, 0.3) is 0 Å². The van der Waals surface area contributed by atoms with Crippen molar-refractivity contribution < 1.29 is 9.47 Å². The largest absolute Gasteiger partial charge is 0.497 e. The SMILES string of the molecule is CCc1cc(OCc2cccc(OC)c2)nc(N2CCCC2)n1. The highest BCUT2D eigenvalue weighted by molar-refractivity contribution is 5.36. The van der Waals surface area contributed by atoms with Gasteiger partial charge in [0.1, 0.15) is 12.4 Å². The van der Waals surface area contributed by atoms with Crippen molar-refractivity contribution in [1.29, 1.82) is 0 Å². The first-order chi connectivity index (χ1) is 11.3. The molecule has 0 bridgehead atoms. The third-order valence-corrected chi connectivity index (χ3v) is 4.02. The summed E-state index contributed by atoms with van der Waals surface area (Å²) in [6, 6.07) is 9.81. The molecule has 0 unspecified atom stereocenters. The fourth-order valence-electron chi connectivity index (χ4n) is 2.69. The van der Waals surface area contributed by atoms with Crippen LogP contribution < -0.4 is 14.4 Å². The van der Waals surface area contributed by atoms with Gasteiger partial charge in [-0.15, -0.1) is 0 Å². The summed E-state index contributed by atoms with van der Waals surface area (Å²) in [5.41, 5.74) is 2.08. The molecule has 1 aromatic heterocycles. The summed E-state index contributed by atoms with van der Waals surface area (Å²) in [4.78, 5) is 11.4. The molecule has 0 saturated carbocycles. The molecule has 3 rings (SSSR count). The maximum Gasteiger partial charge on any atom is 0.228 e. The zero-order valence-electron chi connectivity index (χ0n) is 13.8. The summed E-state index contributed by atoms with van der Waals surface area (Å²) in [5.74, 6) is 2.27. The van der Waals surface area contributed by atoms with Crippen LogP contribution in [0.3, 0.4) is 0 Å². The second-order valence-electron chi connectivity index (χ2n) is 5.69. The van der Waals surface area contributed by atoms with Gasteiger partial charge >= 0.3 is 0 Å². The van der Waals surface area contributed by atoms with Crippen molar-refractivity contribution in [3.63, 3.8) is 0 Å². The molecule has 2 heterocycles. The van der Waals surface area contributed by atoms with E-state index in [-0.39, 0.29) is 0 Å². The van der Waals surface area contributed by atoms with E-state index in [1.54, 1.807) is 7.11 Å². The molecule has 0 amide bonds. The van der Waals surface area contributed by atoms with Gasteiger partial charge in [0.25, 0.3) is 0 Å². The van der Waals surface area contributed by atoms with Crippen LogP contribution >= 0.6 is 0 Å². The van der Waals surface area contributed by atoms with Crippen molar-refractivity contribution in [3.05, 3.63) is 41.6 Å². The Hall–Kier alpha value is -2.30. The lowest BCUT2D eigenvalue weighted by atomic mass is 10.2. The lowest BCUT2D eigenvalue weighted by Crippen LogP contribution is -2.21. The van der Waals surface area contributed by atoms with Gasteiger partial charge in [-0.25, -0.2) is 4.98 Å². The molecule has 0 aliphatic carbocycles. The Morgan fingerprint density at radius 1 is 1.13 bits per heavy atom. The molecule has 1 aliphatic heterocycles. The zero-order valence-corrected chi connectivity index (χ0v) is 13.8. The second-order valence-corrected chi connectivity index (χ2v) is 5.69. The topological polar surface area (TPSA) is 47.5 Å². The van der Waals surface area contributed by atoms with E-state index in [4.69, 9.17) is 9.47 Å². The molecule has 0 N–H and O–H groups in total. The van der Waals surface area contributed by atoms with Gasteiger partial charge in [0.05, 0.1) is 7.11 Å². The van der Waals surface area contributed by atoms with Crippen LogP contribution in [-0.2, 0) is 13.0 Å². The van der Waals surface area contributed by atoms with Gasteiger partial charge < -0.3 is 14.4 Å². The Kier molecular flexibility index (Phi) is 4.95. The number of nitrogens with zero attached hydrogens (tertiary/aromatic N) is 3. The van der Waals surface area contributed by atoms with E-state index in [1.807, 2.05) is 30.3 Å². The fraction of sp³-hybridized carbons (Fsp3) is 0.444. The smallest absolute Gasteiger partial charge is 0.228 e. The van der Waals surface area contributed by atoms with Gasteiger partial charge in [0, 0.05) is 24.8 Å². The Labute approximate surface area is 137 Å². The third-order valence-electron chi connectivity index (χ3n) is 4.02.